The van der Waals surface area contributed by atoms with Crippen LogP contribution in [-0.4, -0.2) is 19.3 Å². The quantitative estimate of drug-likeness (QED) is 0.872. The zero-order valence-electron chi connectivity index (χ0n) is 9.54. The molecule has 0 amide bonds. The second-order valence-corrected chi connectivity index (χ2v) is 5.47. The summed E-state index contributed by atoms with van der Waals surface area (Å²) >= 11 is 7.93. The molecule has 0 aromatic carbocycles. The summed E-state index contributed by atoms with van der Waals surface area (Å²) in [6.45, 7) is 4.08. The molecule has 0 spiro atoms. The lowest BCUT2D eigenvalue weighted by Crippen LogP contribution is -2.31. The SMILES string of the molecule is CCCNC(c1sccc1Cl)C1CCCO1. The minimum Gasteiger partial charge on any atom is -0.376 e. The predicted octanol–water partition coefficient (Wildman–Crippen LogP) is 3.62. The Kier molecular flexibility index (Phi) is 4.65. The average Bonchev–Trinajstić information content (AvgIpc) is 2.91. The van der Waals surface area contributed by atoms with Gasteiger partial charge in [0.25, 0.3) is 0 Å². The van der Waals surface area contributed by atoms with E-state index in [1.165, 1.54) is 4.88 Å². The molecule has 1 fully saturated rings. The first-order chi connectivity index (χ1) is 7.83. The van der Waals surface area contributed by atoms with Crippen molar-refractivity contribution < 1.29 is 4.74 Å². The van der Waals surface area contributed by atoms with Crippen LogP contribution in [0.1, 0.15) is 37.1 Å². The fourth-order valence-electron chi connectivity index (χ4n) is 2.09. The van der Waals surface area contributed by atoms with Crippen LogP contribution >= 0.6 is 22.9 Å². The highest BCUT2D eigenvalue weighted by Crippen LogP contribution is 2.34. The molecule has 0 radical (unpaired) electrons. The summed E-state index contributed by atoms with van der Waals surface area (Å²) in [7, 11) is 0. The molecule has 0 saturated carbocycles. The van der Waals surface area contributed by atoms with Gasteiger partial charge in [-0.25, -0.2) is 0 Å². The molecular weight excluding hydrogens is 242 g/mol. The number of ether oxygens (including phenoxy) is 1. The van der Waals surface area contributed by atoms with E-state index >= 15 is 0 Å². The lowest BCUT2D eigenvalue weighted by molar-refractivity contribution is 0.0794. The van der Waals surface area contributed by atoms with Crippen molar-refractivity contribution in [2.75, 3.05) is 13.2 Å². The number of nitrogens with one attached hydrogen (secondary N) is 1. The first kappa shape index (κ1) is 12.4. The van der Waals surface area contributed by atoms with Crippen molar-refractivity contribution in [3.05, 3.63) is 21.3 Å². The Labute approximate surface area is 106 Å². The van der Waals surface area contributed by atoms with Crippen LogP contribution in [-0.2, 0) is 4.74 Å². The van der Waals surface area contributed by atoms with Gasteiger partial charge in [-0.2, -0.15) is 0 Å². The van der Waals surface area contributed by atoms with Crippen molar-refractivity contribution in [3.63, 3.8) is 0 Å². The minimum atomic E-state index is 0.273. The maximum atomic E-state index is 6.21. The molecule has 2 unspecified atom stereocenters. The summed E-state index contributed by atoms with van der Waals surface area (Å²) < 4.78 is 5.78. The van der Waals surface area contributed by atoms with E-state index in [1.807, 2.05) is 11.4 Å². The standard InChI is InChI=1S/C12H18ClNOS/c1-2-6-14-11(10-4-3-7-15-10)12-9(13)5-8-16-12/h5,8,10-11,14H,2-4,6-7H2,1H3. The average molecular weight is 260 g/mol. The molecule has 1 aliphatic heterocycles. The van der Waals surface area contributed by atoms with Crippen molar-refractivity contribution >= 4 is 22.9 Å². The molecule has 16 heavy (non-hydrogen) atoms. The summed E-state index contributed by atoms with van der Waals surface area (Å²) in [5.74, 6) is 0. The van der Waals surface area contributed by atoms with Gasteiger partial charge in [0.05, 0.1) is 17.2 Å². The maximum Gasteiger partial charge on any atom is 0.0779 e. The van der Waals surface area contributed by atoms with Crippen LogP contribution in [0.2, 0.25) is 5.02 Å². The maximum absolute atomic E-state index is 6.21. The number of hydrogen-bond acceptors (Lipinski definition) is 3. The first-order valence-electron chi connectivity index (χ1n) is 5.90. The lowest BCUT2D eigenvalue weighted by Gasteiger charge is -2.23. The van der Waals surface area contributed by atoms with E-state index in [2.05, 4.69) is 12.2 Å². The van der Waals surface area contributed by atoms with E-state index in [-0.39, 0.29) is 6.04 Å². The van der Waals surface area contributed by atoms with E-state index in [4.69, 9.17) is 16.3 Å². The molecule has 90 valence electrons. The van der Waals surface area contributed by atoms with Crippen molar-refractivity contribution in [2.24, 2.45) is 0 Å². The second-order valence-electron chi connectivity index (χ2n) is 4.12. The Bertz CT molecular complexity index is 323. The van der Waals surface area contributed by atoms with Crippen LogP contribution in [0.25, 0.3) is 0 Å². The zero-order valence-corrected chi connectivity index (χ0v) is 11.1. The van der Waals surface area contributed by atoms with Gasteiger partial charge in [-0.1, -0.05) is 18.5 Å². The molecule has 1 aliphatic rings. The topological polar surface area (TPSA) is 21.3 Å². The molecular formula is C12H18ClNOS. The molecule has 0 aliphatic carbocycles. The van der Waals surface area contributed by atoms with E-state index in [0.717, 1.165) is 37.4 Å². The van der Waals surface area contributed by atoms with Gasteiger partial charge >= 0.3 is 0 Å². The molecule has 0 bridgehead atoms. The Balaban J connectivity index is 2.10. The van der Waals surface area contributed by atoms with Crippen LogP contribution < -0.4 is 5.32 Å². The van der Waals surface area contributed by atoms with Gasteiger partial charge in [-0.05, 0) is 37.3 Å². The van der Waals surface area contributed by atoms with E-state index in [9.17, 15) is 0 Å². The molecule has 2 rings (SSSR count). The normalized spacial score (nSPS) is 22.5. The van der Waals surface area contributed by atoms with Gasteiger partial charge in [-0.3, -0.25) is 0 Å². The molecule has 2 heterocycles. The summed E-state index contributed by atoms with van der Waals surface area (Å²) in [6.07, 6.45) is 3.72. The van der Waals surface area contributed by atoms with Crippen LogP contribution in [0.3, 0.4) is 0 Å². The fraction of sp³-hybridized carbons (Fsp3) is 0.667. The molecule has 2 atom stereocenters. The lowest BCUT2D eigenvalue weighted by atomic mass is 10.1. The van der Waals surface area contributed by atoms with E-state index < -0.39 is 0 Å². The van der Waals surface area contributed by atoms with Gasteiger partial charge in [0.2, 0.25) is 0 Å². The fourth-order valence-corrected chi connectivity index (χ4v) is 3.39. The molecule has 2 nitrogen and oxygen atoms in total. The van der Waals surface area contributed by atoms with Crippen molar-refractivity contribution in [1.29, 1.82) is 0 Å². The minimum absolute atomic E-state index is 0.273. The first-order valence-corrected chi connectivity index (χ1v) is 7.16. The molecule has 1 aromatic rings. The highest BCUT2D eigenvalue weighted by molar-refractivity contribution is 7.10. The second kappa shape index (κ2) is 6.01. The summed E-state index contributed by atoms with van der Waals surface area (Å²) in [4.78, 5) is 1.22. The summed E-state index contributed by atoms with van der Waals surface area (Å²) in [5.41, 5.74) is 0. The van der Waals surface area contributed by atoms with Crippen LogP contribution in [0.4, 0.5) is 0 Å². The monoisotopic (exact) mass is 259 g/mol. The van der Waals surface area contributed by atoms with Gasteiger partial charge in [-0.15, -0.1) is 11.3 Å². The van der Waals surface area contributed by atoms with Gasteiger partial charge in [0, 0.05) is 11.5 Å². The smallest absolute Gasteiger partial charge is 0.0779 e. The number of halogens is 1. The highest BCUT2D eigenvalue weighted by Gasteiger charge is 2.28. The van der Waals surface area contributed by atoms with Crippen LogP contribution in [0, 0.1) is 0 Å². The molecule has 1 aromatic heterocycles. The van der Waals surface area contributed by atoms with E-state index in [1.54, 1.807) is 11.3 Å². The van der Waals surface area contributed by atoms with Crippen molar-refractivity contribution in [3.8, 4) is 0 Å². The molecule has 1 saturated heterocycles. The Hall–Kier alpha value is -0.0900. The predicted molar refractivity (Wildman–Crippen MR) is 69.3 cm³/mol. The highest BCUT2D eigenvalue weighted by atomic mass is 35.5. The third kappa shape index (κ3) is 2.77. The van der Waals surface area contributed by atoms with Crippen molar-refractivity contribution in [2.45, 2.75) is 38.3 Å². The number of thiophene rings is 1. The third-order valence-electron chi connectivity index (χ3n) is 2.88. The molecule has 1 N–H and O–H groups in total. The van der Waals surface area contributed by atoms with Gasteiger partial charge in [0.1, 0.15) is 0 Å². The van der Waals surface area contributed by atoms with Gasteiger partial charge in [0.15, 0.2) is 0 Å². The van der Waals surface area contributed by atoms with E-state index in [0.29, 0.717) is 6.10 Å². The zero-order chi connectivity index (χ0) is 11.4. The molecule has 4 heteroatoms. The number of rotatable bonds is 5. The van der Waals surface area contributed by atoms with Crippen molar-refractivity contribution in [1.82, 2.24) is 5.32 Å². The Morgan fingerprint density at radius 2 is 2.56 bits per heavy atom. The largest absolute Gasteiger partial charge is 0.376 e. The number of hydrogen-bond donors (Lipinski definition) is 1. The summed E-state index contributed by atoms with van der Waals surface area (Å²) in [6, 6.07) is 2.24. The van der Waals surface area contributed by atoms with Gasteiger partial charge < -0.3 is 10.1 Å². The van der Waals surface area contributed by atoms with Crippen LogP contribution in [0.5, 0.6) is 0 Å². The Morgan fingerprint density at radius 3 is 3.12 bits per heavy atom. The third-order valence-corrected chi connectivity index (χ3v) is 4.32. The van der Waals surface area contributed by atoms with Crippen LogP contribution in [0.15, 0.2) is 11.4 Å². The summed E-state index contributed by atoms with van der Waals surface area (Å²) in [5, 5.41) is 6.47. The Morgan fingerprint density at radius 1 is 1.69 bits per heavy atom.